The predicted molar refractivity (Wildman–Crippen MR) is 125 cm³/mol. The molecular formula is C25H27N3O3S. The Bertz CT molecular complexity index is 1110. The minimum absolute atomic E-state index is 0.0177. The number of aromatic nitrogens is 1. The maximum Gasteiger partial charge on any atom is 0.272 e. The van der Waals surface area contributed by atoms with Gasteiger partial charge in [-0.15, -0.1) is 11.3 Å². The van der Waals surface area contributed by atoms with Crippen LogP contribution >= 0.6 is 11.3 Å². The molecule has 2 aliphatic heterocycles. The van der Waals surface area contributed by atoms with Crippen LogP contribution in [0.5, 0.6) is 0 Å². The average molecular weight is 450 g/mol. The third kappa shape index (κ3) is 4.14. The molecule has 4 heterocycles. The van der Waals surface area contributed by atoms with Gasteiger partial charge >= 0.3 is 0 Å². The second-order valence-corrected chi connectivity index (χ2v) is 9.43. The van der Waals surface area contributed by atoms with E-state index in [9.17, 15) is 9.59 Å². The van der Waals surface area contributed by atoms with Crippen molar-refractivity contribution in [1.82, 2.24) is 14.8 Å². The number of carbonyl (C=O) groups is 2. The summed E-state index contributed by atoms with van der Waals surface area (Å²) in [4.78, 5) is 35.7. The molecule has 0 spiro atoms. The number of fused-ring (bicyclic) bond motifs is 1. The molecule has 2 fully saturated rings. The second-order valence-electron chi connectivity index (χ2n) is 8.38. The number of thiophene rings is 1. The van der Waals surface area contributed by atoms with Gasteiger partial charge in [0.1, 0.15) is 5.69 Å². The maximum absolute atomic E-state index is 13.5. The third-order valence-electron chi connectivity index (χ3n) is 6.40. The van der Waals surface area contributed by atoms with Gasteiger partial charge in [-0.2, -0.15) is 0 Å². The number of piperidine rings is 1. The number of hydrogen-bond donors (Lipinski definition) is 0. The van der Waals surface area contributed by atoms with Gasteiger partial charge in [-0.05, 0) is 54.8 Å². The number of ether oxygens (including phenoxy) is 1. The van der Waals surface area contributed by atoms with Gasteiger partial charge in [-0.3, -0.25) is 14.6 Å². The molecule has 2 amide bonds. The van der Waals surface area contributed by atoms with Crippen molar-refractivity contribution in [3.63, 3.8) is 0 Å². The van der Waals surface area contributed by atoms with Crippen molar-refractivity contribution in [3.05, 3.63) is 64.8 Å². The Labute approximate surface area is 191 Å². The molecule has 0 bridgehead atoms. The SMILES string of the molecule is O=C(c1sc2ccccc2c1CC1CCCCN1C(=O)c1ccccn1)N1CCOCC1. The molecule has 6 nitrogen and oxygen atoms in total. The van der Waals surface area contributed by atoms with Gasteiger partial charge in [0.25, 0.3) is 11.8 Å². The summed E-state index contributed by atoms with van der Waals surface area (Å²) in [6.07, 6.45) is 5.38. The fourth-order valence-corrected chi connectivity index (χ4v) is 5.94. The molecule has 7 heteroatoms. The molecule has 2 aromatic heterocycles. The molecule has 1 atom stereocenters. The lowest BCUT2D eigenvalue weighted by Gasteiger charge is -2.36. The topological polar surface area (TPSA) is 62.7 Å². The van der Waals surface area contributed by atoms with E-state index < -0.39 is 0 Å². The number of benzene rings is 1. The number of nitrogens with zero attached hydrogens (tertiary/aromatic N) is 3. The Balaban J connectivity index is 1.48. The van der Waals surface area contributed by atoms with Gasteiger partial charge < -0.3 is 14.5 Å². The molecule has 1 aromatic carbocycles. The zero-order valence-electron chi connectivity index (χ0n) is 18.0. The summed E-state index contributed by atoms with van der Waals surface area (Å²) in [5, 5.41) is 1.13. The zero-order chi connectivity index (χ0) is 21.9. The van der Waals surface area contributed by atoms with E-state index in [1.54, 1.807) is 23.6 Å². The molecule has 3 aromatic rings. The highest BCUT2D eigenvalue weighted by Crippen LogP contribution is 2.35. The molecule has 0 radical (unpaired) electrons. The summed E-state index contributed by atoms with van der Waals surface area (Å²) in [7, 11) is 0. The van der Waals surface area contributed by atoms with Crippen LogP contribution in [0.15, 0.2) is 48.7 Å². The largest absolute Gasteiger partial charge is 0.378 e. The first kappa shape index (κ1) is 21.1. The molecule has 2 aliphatic rings. The van der Waals surface area contributed by atoms with Gasteiger partial charge in [0, 0.05) is 36.6 Å². The van der Waals surface area contributed by atoms with Gasteiger partial charge in [-0.25, -0.2) is 0 Å². The summed E-state index contributed by atoms with van der Waals surface area (Å²) in [5.74, 6) is 0.0683. The van der Waals surface area contributed by atoms with E-state index in [0.29, 0.717) is 38.4 Å². The van der Waals surface area contributed by atoms with Gasteiger partial charge in [0.15, 0.2) is 0 Å². The maximum atomic E-state index is 13.5. The molecule has 0 aliphatic carbocycles. The van der Waals surface area contributed by atoms with Crippen LogP contribution in [0.4, 0.5) is 0 Å². The van der Waals surface area contributed by atoms with Crippen LogP contribution in [0.1, 0.15) is 45.0 Å². The smallest absolute Gasteiger partial charge is 0.272 e. The number of amides is 2. The highest BCUT2D eigenvalue weighted by atomic mass is 32.1. The van der Waals surface area contributed by atoms with E-state index in [1.165, 1.54) is 0 Å². The van der Waals surface area contributed by atoms with Crippen molar-refractivity contribution in [2.75, 3.05) is 32.8 Å². The predicted octanol–water partition coefficient (Wildman–Crippen LogP) is 4.01. The van der Waals surface area contributed by atoms with Crippen LogP contribution in [0.2, 0.25) is 0 Å². The van der Waals surface area contributed by atoms with E-state index >= 15 is 0 Å². The lowest BCUT2D eigenvalue weighted by Crippen LogP contribution is -2.45. The Kier molecular flexibility index (Phi) is 6.19. The molecule has 0 saturated carbocycles. The first-order valence-electron chi connectivity index (χ1n) is 11.3. The summed E-state index contributed by atoms with van der Waals surface area (Å²) in [5.41, 5.74) is 1.56. The molecule has 0 N–H and O–H groups in total. The molecule has 166 valence electrons. The van der Waals surface area contributed by atoms with Gasteiger partial charge in [-0.1, -0.05) is 24.3 Å². The fraction of sp³-hybridized carbons (Fsp3) is 0.400. The monoisotopic (exact) mass is 449 g/mol. The van der Waals surface area contributed by atoms with E-state index in [4.69, 9.17) is 4.74 Å². The first-order valence-corrected chi connectivity index (χ1v) is 12.1. The fourth-order valence-electron chi connectivity index (χ4n) is 4.74. The van der Waals surface area contributed by atoms with E-state index in [0.717, 1.165) is 46.3 Å². The number of carbonyl (C=O) groups excluding carboxylic acids is 2. The third-order valence-corrected chi connectivity index (χ3v) is 7.60. The first-order chi connectivity index (χ1) is 15.7. The van der Waals surface area contributed by atoms with Crippen LogP contribution in [0.3, 0.4) is 0 Å². The summed E-state index contributed by atoms with van der Waals surface area (Å²) < 4.78 is 6.56. The van der Waals surface area contributed by atoms with E-state index in [-0.39, 0.29) is 17.9 Å². The lowest BCUT2D eigenvalue weighted by molar-refractivity contribution is 0.0305. The van der Waals surface area contributed by atoms with Crippen molar-refractivity contribution < 1.29 is 14.3 Å². The Morgan fingerprint density at radius 2 is 1.81 bits per heavy atom. The number of hydrogen-bond acceptors (Lipinski definition) is 5. The number of rotatable bonds is 4. The number of morpholine rings is 1. The van der Waals surface area contributed by atoms with Crippen molar-refractivity contribution in [1.29, 1.82) is 0 Å². The molecule has 32 heavy (non-hydrogen) atoms. The van der Waals surface area contributed by atoms with Gasteiger partial charge in [0.2, 0.25) is 0 Å². The Morgan fingerprint density at radius 3 is 2.62 bits per heavy atom. The normalized spacial score (nSPS) is 19.3. The zero-order valence-corrected chi connectivity index (χ0v) is 18.9. The van der Waals surface area contributed by atoms with Crippen LogP contribution in [0.25, 0.3) is 10.1 Å². The van der Waals surface area contributed by atoms with Crippen LogP contribution in [0, 0.1) is 0 Å². The number of likely N-dealkylation sites (tertiary alicyclic amines) is 1. The van der Waals surface area contributed by atoms with E-state index in [1.807, 2.05) is 34.1 Å². The Morgan fingerprint density at radius 1 is 1.00 bits per heavy atom. The highest BCUT2D eigenvalue weighted by molar-refractivity contribution is 7.21. The minimum Gasteiger partial charge on any atom is -0.378 e. The quantitative estimate of drug-likeness (QED) is 0.604. The minimum atomic E-state index is -0.0177. The van der Waals surface area contributed by atoms with Crippen LogP contribution in [-0.2, 0) is 11.2 Å². The lowest BCUT2D eigenvalue weighted by atomic mass is 9.93. The van der Waals surface area contributed by atoms with Crippen molar-refractivity contribution in [2.24, 2.45) is 0 Å². The van der Waals surface area contributed by atoms with E-state index in [2.05, 4.69) is 17.1 Å². The average Bonchev–Trinajstić information content (AvgIpc) is 3.23. The molecular weight excluding hydrogens is 422 g/mol. The van der Waals surface area contributed by atoms with Crippen molar-refractivity contribution in [2.45, 2.75) is 31.7 Å². The van der Waals surface area contributed by atoms with Crippen molar-refractivity contribution in [3.8, 4) is 0 Å². The number of pyridine rings is 1. The molecule has 5 rings (SSSR count). The molecule has 2 saturated heterocycles. The summed E-state index contributed by atoms with van der Waals surface area (Å²) >= 11 is 1.57. The Hall–Kier alpha value is -2.77. The summed E-state index contributed by atoms with van der Waals surface area (Å²) in [6, 6.07) is 13.7. The molecule has 1 unspecified atom stereocenters. The van der Waals surface area contributed by atoms with Crippen molar-refractivity contribution >= 4 is 33.2 Å². The second kappa shape index (κ2) is 9.38. The highest BCUT2D eigenvalue weighted by Gasteiger charge is 2.32. The summed E-state index contributed by atoms with van der Waals surface area (Å²) in [6.45, 7) is 3.15. The van der Waals surface area contributed by atoms with Crippen LogP contribution < -0.4 is 0 Å². The standard InChI is InChI=1S/C25H27N3O3S/c29-24(21-9-3-5-11-26-21)28-12-6-4-7-18(28)17-20-19-8-1-2-10-22(19)32-23(20)25(30)27-13-15-31-16-14-27/h1-3,5,8-11,18H,4,6-7,12-17H2. The van der Waals surface area contributed by atoms with Crippen LogP contribution in [-0.4, -0.2) is 65.5 Å². The van der Waals surface area contributed by atoms with Gasteiger partial charge in [0.05, 0.1) is 18.1 Å².